The number of phenols is 1. The van der Waals surface area contributed by atoms with Gasteiger partial charge in [-0.05, 0) is 63.8 Å². The molecule has 0 unspecified atom stereocenters. The first-order valence-electron chi connectivity index (χ1n) is 15.0. The quantitative estimate of drug-likeness (QED) is 0.118. The highest BCUT2D eigenvalue weighted by Crippen LogP contribution is 2.39. The van der Waals surface area contributed by atoms with Crippen LogP contribution in [0.1, 0.15) is 84.6 Å². The molecule has 1 heterocycles. The monoisotopic (exact) mass is 627 g/mol. The molecular formula is C36H45N5O3S. The molecule has 3 aromatic carbocycles. The number of phenolic OH excluding ortho intramolecular Hbond substituents is 1. The number of carbonyl (C=O) groups excluding carboxylic acids is 1. The van der Waals surface area contributed by atoms with Gasteiger partial charge in [0.1, 0.15) is 11.5 Å². The molecule has 4 aromatic rings. The molecular weight excluding hydrogens is 582 g/mol. The molecule has 8 nitrogen and oxygen atoms in total. The number of amides is 1. The van der Waals surface area contributed by atoms with E-state index in [1.807, 2.05) is 41.0 Å². The molecule has 45 heavy (non-hydrogen) atoms. The number of hydrogen-bond acceptors (Lipinski definition) is 7. The number of ether oxygens (including phenoxy) is 1. The first kappa shape index (κ1) is 33.8. The molecule has 0 aliphatic rings. The summed E-state index contributed by atoms with van der Waals surface area (Å²) in [4.78, 5) is 12.9. The maximum absolute atomic E-state index is 12.9. The van der Waals surface area contributed by atoms with Crippen molar-refractivity contribution in [2.45, 2.75) is 83.7 Å². The minimum absolute atomic E-state index is 0.0328. The normalized spacial score (nSPS) is 12.5. The van der Waals surface area contributed by atoms with E-state index in [0.717, 1.165) is 33.7 Å². The predicted octanol–water partition coefficient (Wildman–Crippen LogP) is 7.78. The van der Waals surface area contributed by atoms with Gasteiger partial charge in [-0.2, -0.15) is 5.10 Å². The first-order chi connectivity index (χ1) is 21.0. The van der Waals surface area contributed by atoms with Crippen molar-refractivity contribution in [3.05, 3.63) is 82.9 Å². The van der Waals surface area contributed by atoms with E-state index in [0.29, 0.717) is 16.7 Å². The summed E-state index contributed by atoms with van der Waals surface area (Å²) in [7, 11) is 1.63. The van der Waals surface area contributed by atoms with Crippen molar-refractivity contribution in [1.29, 1.82) is 0 Å². The minimum Gasteiger partial charge on any atom is -0.507 e. The Morgan fingerprint density at radius 3 is 1.98 bits per heavy atom. The Balaban J connectivity index is 1.55. The molecule has 9 heteroatoms. The lowest BCUT2D eigenvalue weighted by Crippen LogP contribution is -2.20. The molecule has 0 aliphatic carbocycles. The van der Waals surface area contributed by atoms with Gasteiger partial charge in [-0.25, -0.2) is 5.43 Å². The smallest absolute Gasteiger partial charge is 0.250 e. The van der Waals surface area contributed by atoms with E-state index < -0.39 is 0 Å². The van der Waals surface area contributed by atoms with Gasteiger partial charge in [-0.1, -0.05) is 98.3 Å². The van der Waals surface area contributed by atoms with Gasteiger partial charge < -0.3 is 9.84 Å². The Labute approximate surface area is 271 Å². The summed E-state index contributed by atoms with van der Waals surface area (Å²) < 4.78 is 7.30. The van der Waals surface area contributed by atoms with E-state index >= 15 is 0 Å². The van der Waals surface area contributed by atoms with Crippen LogP contribution in [0.3, 0.4) is 0 Å². The third kappa shape index (κ3) is 8.14. The molecule has 0 saturated carbocycles. The summed E-state index contributed by atoms with van der Waals surface area (Å²) in [5, 5.41) is 24.8. The lowest BCUT2D eigenvalue weighted by Gasteiger charge is -2.27. The number of rotatable bonds is 8. The molecule has 0 bridgehead atoms. The zero-order valence-corrected chi connectivity index (χ0v) is 28.8. The van der Waals surface area contributed by atoms with Crippen LogP contribution >= 0.6 is 11.8 Å². The average Bonchev–Trinajstić information content (AvgIpc) is 3.39. The molecule has 0 aliphatic heterocycles. The number of carbonyl (C=O) groups is 1. The van der Waals surface area contributed by atoms with Gasteiger partial charge in [0.15, 0.2) is 11.0 Å². The third-order valence-electron chi connectivity index (χ3n) is 7.46. The van der Waals surface area contributed by atoms with Gasteiger partial charge in [0, 0.05) is 22.4 Å². The number of aromatic nitrogens is 3. The summed E-state index contributed by atoms with van der Waals surface area (Å²) in [6.07, 6.45) is 1.62. The van der Waals surface area contributed by atoms with Crippen molar-refractivity contribution in [3.8, 4) is 28.6 Å². The fourth-order valence-corrected chi connectivity index (χ4v) is 5.59. The molecule has 0 atom stereocenters. The zero-order valence-electron chi connectivity index (χ0n) is 28.0. The van der Waals surface area contributed by atoms with E-state index in [9.17, 15) is 9.90 Å². The molecule has 1 amide bonds. The van der Waals surface area contributed by atoms with Gasteiger partial charge in [0.2, 0.25) is 0 Å². The highest BCUT2D eigenvalue weighted by molar-refractivity contribution is 7.99. The number of methoxy groups -OCH3 is 1. The second kappa shape index (κ2) is 13.1. The molecule has 0 fully saturated rings. The van der Waals surface area contributed by atoms with E-state index in [2.05, 4.69) is 107 Å². The fraction of sp³-hybridized carbons (Fsp3) is 0.389. The maximum Gasteiger partial charge on any atom is 0.250 e. The van der Waals surface area contributed by atoms with Gasteiger partial charge in [0.25, 0.3) is 5.91 Å². The Bertz CT molecular complexity index is 1640. The van der Waals surface area contributed by atoms with Gasteiger partial charge in [-0.15, -0.1) is 10.2 Å². The lowest BCUT2D eigenvalue weighted by molar-refractivity contribution is -0.118. The Morgan fingerprint density at radius 2 is 1.47 bits per heavy atom. The predicted molar refractivity (Wildman–Crippen MR) is 184 cm³/mol. The molecule has 4 rings (SSSR count). The van der Waals surface area contributed by atoms with E-state index in [4.69, 9.17) is 4.74 Å². The first-order valence-corrected chi connectivity index (χ1v) is 16.0. The van der Waals surface area contributed by atoms with Gasteiger partial charge in [-0.3, -0.25) is 9.36 Å². The fourth-order valence-electron chi connectivity index (χ4n) is 4.85. The van der Waals surface area contributed by atoms with Gasteiger partial charge in [0.05, 0.1) is 19.1 Å². The zero-order chi connectivity index (χ0) is 33.2. The summed E-state index contributed by atoms with van der Waals surface area (Å²) in [5.74, 6) is 1.54. The molecule has 2 N–H and O–H groups in total. The molecule has 1 aromatic heterocycles. The van der Waals surface area contributed by atoms with Crippen molar-refractivity contribution in [2.75, 3.05) is 12.9 Å². The second-order valence-electron chi connectivity index (χ2n) is 14.2. The van der Waals surface area contributed by atoms with Gasteiger partial charge >= 0.3 is 0 Å². The number of aromatic hydroxyl groups is 1. The summed E-state index contributed by atoms with van der Waals surface area (Å²) in [5.41, 5.74) is 7.62. The standard InChI is InChI=1S/C36H45N5O3S/c1-34(2,3)25-13-11-24(12-14-25)32-39-40-33(41(32)26-15-17-27(44-10)18-16-26)45-22-30(42)38-37-21-23-19-28(35(4,5)6)31(43)29(20-23)36(7,8)9/h11-21,43H,22H2,1-10H3,(H,38,42)/b37-21+. The molecule has 0 radical (unpaired) electrons. The van der Waals surface area contributed by atoms with Crippen LogP contribution in [0.4, 0.5) is 0 Å². The van der Waals surface area contributed by atoms with E-state index in [1.54, 1.807) is 13.3 Å². The summed E-state index contributed by atoms with van der Waals surface area (Å²) >= 11 is 1.28. The number of thioether (sulfide) groups is 1. The van der Waals surface area contributed by atoms with Crippen LogP contribution in [0.5, 0.6) is 11.5 Å². The topological polar surface area (TPSA) is 102 Å². The Kier molecular flexibility index (Phi) is 9.82. The number of nitrogens with one attached hydrogen (secondary N) is 1. The highest BCUT2D eigenvalue weighted by Gasteiger charge is 2.26. The van der Waals surface area contributed by atoms with E-state index in [-0.39, 0.29) is 27.9 Å². The van der Waals surface area contributed by atoms with Crippen LogP contribution in [0.15, 0.2) is 70.9 Å². The Morgan fingerprint density at radius 1 is 0.889 bits per heavy atom. The van der Waals surface area contributed by atoms with Crippen LogP contribution in [0.25, 0.3) is 17.1 Å². The Hall–Kier alpha value is -4.11. The molecule has 0 spiro atoms. The lowest BCUT2D eigenvalue weighted by atomic mass is 9.78. The number of hydrazone groups is 1. The highest BCUT2D eigenvalue weighted by atomic mass is 32.2. The largest absolute Gasteiger partial charge is 0.507 e. The molecule has 238 valence electrons. The van der Waals surface area contributed by atoms with Crippen molar-refractivity contribution >= 4 is 23.9 Å². The van der Waals surface area contributed by atoms with Crippen LogP contribution in [0.2, 0.25) is 0 Å². The maximum atomic E-state index is 12.9. The average molecular weight is 628 g/mol. The van der Waals surface area contributed by atoms with Crippen LogP contribution in [-0.2, 0) is 21.0 Å². The molecule has 0 saturated heterocycles. The van der Waals surface area contributed by atoms with E-state index in [1.165, 1.54) is 17.3 Å². The number of nitrogens with zero attached hydrogens (tertiary/aromatic N) is 4. The van der Waals surface area contributed by atoms with Crippen molar-refractivity contribution in [2.24, 2.45) is 5.10 Å². The second-order valence-corrected chi connectivity index (χ2v) is 15.2. The van der Waals surface area contributed by atoms with Crippen LogP contribution < -0.4 is 10.2 Å². The van der Waals surface area contributed by atoms with Crippen molar-refractivity contribution in [3.63, 3.8) is 0 Å². The SMILES string of the molecule is COc1ccc(-n2c(SCC(=O)N/N=C/c3cc(C(C)(C)C)c(O)c(C(C)(C)C)c3)nnc2-c2ccc(C(C)(C)C)cc2)cc1. The third-order valence-corrected chi connectivity index (χ3v) is 8.39. The van der Waals surface area contributed by atoms with Crippen LogP contribution in [-0.4, -0.2) is 44.9 Å². The van der Waals surface area contributed by atoms with Crippen LogP contribution in [0, 0.1) is 0 Å². The summed E-state index contributed by atoms with van der Waals surface area (Å²) in [6.45, 7) is 18.9. The van der Waals surface area contributed by atoms with Crippen molar-refractivity contribution in [1.82, 2.24) is 20.2 Å². The minimum atomic E-state index is -0.275. The number of hydrogen-bond donors (Lipinski definition) is 2. The van der Waals surface area contributed by atoms with Crippen molar-refractivity contribution < 1.29 is 14.6 Å². The number of benzene rings is 3. The summed E-state index contributed by atoms with van der Waals surface area (Å²) in [6, 6.07) is 19.8.